The fourth-order valence-corrected chi connectivity index (χ4v) is 3.21. The van der Waals surface area contributed by atoms with E-state index in [-0.39, 0.29) is 4.90 Å². The molecule has 106 valence electrons. The van der Waals surface area contributed by atoms with Crippen LogP contribution < -0.4 is 9.46 Å². The average molecular weight is 293 g/mol. The highest BCUT2D eigenvalue weighted by molar-refractivity contribution is 7.89. The third kappa shape index (κ3) is 2.68. The first-order valence-corrected chi connectivity index (χ1v) is 7.85. The highest BCUT2D eigenvalue weighted by atomic mass is 32.2. The lowest BCUT2D eigenvalue weighted by atomic mass is 10.2. The van der Waals surface area contributed by atoms with Crippen molar-refractivity contribution in [3.63, 3.8) is 0 Å². The summed E-state index contributed by atoms with van der Waals surface area (Å²) < 4.78 is 34.1. The van der Waals surface area contributed by atoms with Crippen molar-refractivity contribution in [2.24, 2.45) is 0 Å². The highest BCUT2D eigenvalue weighted by Gasteiger charge is 2.18. The van der Waals surface area contributed by atoms with Crippen LogP contribution in [0.5, 0.6) is 5.75 Å². The third-order valence-electron chi connectivity index (χ3n) is 3.19. The van der Waals surface area contributed by atoms with Gasteiger partial charge in [-0.15, -0.1) is 0 Å². The number of fused-ring (bicyclic) bond motifs is 1. The lowest BCUT2D eigenvalue weighted by Crippen LogP contribution is -2.27. The molecule has 0 spiro atoms. The third-order valence-corrected chi connectivity index (χ3v) is 4.65. The molecule has 1 aromatic carbocycles. The normalized spacial score (nSPS) is 14.0. The van der Waals surface area contributed by atoms with Crippen molar-refractivity contribution in [1.82, 2.24) is 14.3 Å². The molecule has 0 saturated heterocycles. The van der Waals surface area contributed by atoms with Crippen molar-refractivity contribution in [3.8, 4) is 5.75 Å². The maximum atomic E-state index is 12.2. The Morgan fingerprint density at radius 3 is 3.10 bits per heavy atom. The maximum absolute atomic E-state index is 12.2. The number of nitrogens with one attached hydrogen (secondary N) is 1. The Balaban J connectivity index is 1.68. The summed E-state index contributed by atoms with van der Waals surface area (Å²) in [6.07, 6.45) is 5.87. The van der Waals surface area contributed by atoms with Crippen molar-refractivity contribution in [2.45, 2.75) is 17.9 Å². The number of nitrogens with zero attached hydrogens (tertiary/aromatic N) is 2. The van der Waals surface area contributed by atoms with Gasteiger partial charge >= 0.3 is 0 Å². The summed E-state index contributed by atoms with van der Waals surface area (Å²) in [6.45, 7) is 1.49. The van der Waals surface area contributed by atoms with E-state index in [1.807, 2.05) is 4.57 Å². The van der Waals surface area contributed by atoms with Crippen LogP contribution in [0.1, 0.15) is 5.56 Å². The van der Waals surface area contributed by atoms with Crippen LogP contribution in [0.15, 0.2) is 41.8 Å². The summed E-state index contributed by atoms with van der Waals surface area (Å²) >= 11 is 0. The Morgan fingerprint density at radius 2 is 2.30 bits per heavy atom. The molecule has 0 amide bonds. The molecule has 0 atom stereocenters. The zero-order valence-electron chi connectivity index (χ0n) is 10.8. The first-order chi connectivity index (χ1) is 9.65. The average Bonchev–Trinajstić information content (AvgIpc) is 3.08. The zero-order chi connectivity index (χ0) is 14.0. The SMILES string of the molecule is O=S(=O)(NCCn1ccnc1)c1ccc2c(c1)CCO2. The van der Waals surface area contributed by atoms with E-state index >= 15 is 0 Å². The van der Waals surface area contributed by atoms with E-state index < -0.39 is 10.0 Å². The van der Waals surface area contributed by atoms with Gasteiger partial charge in [0.1, 0.15) is 5.75 Å². The molecule has 3 rings (SSSR count). The molecule has 1 aromatic heterocycles. The van der Waals surface area contributed by atoms with Gasteiger partial charge in [0.2, 0.25) is 10.0 Å². The molecule has 20 heavy (non-hydrogen) atoms. The van der Waals surface area contributed by atoms with Gasteiger partial charge in [0.05, 0.1) is 17.8 Å². The molecule has 7 heteroatoms. The van der Waals surface area contributed by atoms with Crippen LogP contribution >= 0.6 is 0 Å². The fourth-order valence-electron chi connectivity index (χ4n) is 2.14. The van der Waals surface area contributed by atoms with Gasteiger partial charge in [-0.3, -0.25) is 0 Å². The Labute approximate surface area is 117 Å². The second-order valence-corrected chi connectivity index (χ2v) is 6.33. The van der Waals surface area contributed by atoms with Gasteiger partial charge in [-0.1, -0.05) is 0 Å². The number of rotatable bonds is 5. The summed E-state index contributed by atoms with van der Waals surface area (Å²) in [5, 5.41) is 0. The van der Waals surface area contributed by atoms with Gasteiger partial charge in [-0.2, -0.15) is 0 Å². The zero-order valence-corrected chi connectivity index (χ0v) is 11.6. The van der Waals surface area contributed by atoms with Crippen LogP contribution in [0.4, 0.5) is 0 Å². The van der Waals surface area contributed by atoms with E-state index in [4.69, 9.17) is 4.74 Å². The molecule has 2 heterocycles. The van der Waals surface area contributed by atoms with Crippen molar-refractivity contribution in [2.75, 3.05) is 13.2 Å². The molecule has 0 bridgehead atoms. The highest BCUT2D eigenvalue weighted by Crippen LogP contribution is 2.27. The van der Waals surface area contributed by atoms with Crippen LogP contribution in [0.25, 0.3) is 0 Å². The molecule has 1 N–H and O–H groups in total. The van der Waals surface area contributed by atoms with E-state index in [1.54, 1.807) is 36.9 Å². The smallest absolute Gasteiger partial charge is 0.240 e. The van der Waals surface area contributed by atoms with Gasteiger partial charge in [0, 0.05) is 31.9 Å². The molecular formula is C13H15N3O3S. The minimum absolute atomic E-state index is 0.285. The van der Waals surface area contributed by atoms with Crippen LogP contribution in [-0.2, 0) is 23.0 Å². The maximum Gasteiger partial charge on any atom is 0.240 e. The molecular weight excluding hydrogens is 278 g/mol. The van der Waals surface area contributed by atoms with Gasteiger partial charge in [-0.25, -0.2) is 18.1 Å². The van der Waals surface area contributed by atoms with Crippen molar-refractivity contribution in [1.29, 1.82) is 0 Å². The number of aromatic nitrogens is 2. The number of imidazole rings is 1. The fraction of sp³-hybridized carbons (Fsp3) is 0.308. The lowest BCUT2D eigenvalue weighted by Gasteiger charge is -2.08. The van der Waals surface area contributed by atoms with Gasteiger partial charge in [-0.05, 0) is 23.8 Å². The summed E-state index contributed by atoms with van der Waals surface area (Å²) in [5.74, 6) is 0.780. The van der Waals surface area contributed by atoms with Gasteiger partial charge < -0.3 is 9.30 Å². The number of benzene rings is 1. The summed E-state index contributed by atoms with van der Waals surface area (Å²) in [7, 11) is -3.47. The molecule has 0 fully saturated rings. The molecule has 0 saturated carbocycles. The second-order valence-electron chi connectivity index (χ2n) is 4.57. The number of hydrogen-bond donors (Lipinski definition) is 1. The first kappa shape index (κ1) is 13.1. The largest absolute Gasteiger partial charge is 0.493 e. The summed E-state index contributed by atoms with van der Waals surface area (Å²) in [6, 6.07) is 4.97. The molecule has 0 radical (unpaired) electrons. The van der Waals surface area contributed by atoms with Crippen LogP contribution in [-0.4, -0.2) is 31.1 Å². The first-order valence-electron chi connectivity index (χ1n) is 6.36. The topological polar surface area (TPSA) is 73.2 Å². The Bertz CT molecular complexity index is 696. The van der Waals surface area contributed by atoms with Crippen LogP contribution in [0.2, 0.25) is 0 Å². The van der Waals surface area contributed by atoms with E-state index in [1.165, 1.54) is 0 Å². The predicted molar refractivity (Wildman–Crippen MR) is 73.1 cm³/mol. The van der Waals surface area contributed by atoms with Crippen molar-refractivity contribution in [3.05, 3.63) is 42.5 Å². The predicted octanol–water partition coefficient (Wildman–Crippen LogP) is 0.796. The molecule has 0 unspecified atom stereocenters. The van der Waals surface area contributed by atoms with E-state index in [0.29, 0.717) is 19.7 Å². The minimum Gasteiger partial charge on any atom is -0.493 e. The summed E-state index contributed by atoms with van der Waals surface area (Å²) in [5.41, 5.74) is 0.947. The monoisotopic (exact) mass is 293 g/mol. The minimum atomic E-state index is -3.47. The van der Waals surface area contributed by atoms with Gasteiger partial charge in [0.15, 0.2) is 0 Å². The molecule has 1 aliphatic rings. The molecule has 0 aliphatic carbocycles. The lowest BCUT2D eigenvalue weighted by molar-refractivity contribution is 0.356. The van der Waals surface area contributed by atoms with Crippen molar-refractivity contribution >= 4 is 10.0 Å². The Hall–Kier alpha value is -1.86. The summed E-state index contributed by atoms with van der Waals surface area (Å²) in [4.78, 5) is 4.19. The second kappa shape index (κ2) is 5.26. The van der Waals surface area contributed by atoms with E-state index in [0.717, 1.165) is 17.7 Å². The van der Waals surface area contributed by atoms with Crippen LogP contribution in [0, 0.1) is 0 Å². The Morgan fingerprint density at radius 1 is 1.40 bits per heavy atom. The standard InChI is InChI=1S/C13H15N3O3S/c17-20(18,15-5-7-16-6-4-14-10-16)12-1-2-13-11(9-12)3-8-19-13/h1-2,4,6,9-10,15H,3,5,7-8H2. The number of hydrogen-bond acceptors (Lipinski definition) is 4. The molecule has 1 aliphatic heterocycles. The van der Waals surface area contributed by atoms with Crippen LogP contribution in [0.3, 0.4) is 0 Å². The van der Waals surface area contributed by atoms with Gasteiger partial charge in [0.25, 0.3) is 0 Å². The van der Waals surface area contributed by atoms with E-state index in [9.17, 15) is 8.42 Å². The molecule has 6 nitrogen and oxygen atoms in total. The quantitative estimate of drug-likeness (QED) is 0.885. The van der Waals surface area contributed by atoms with Crippen molar-refractivity contribution < 1.29 is 13.2 Å². The molecule has 2 aromatic rings. The van der Waals surface area contributed by atoms with E-state index in [2.05, 4.69) is 9.71 Å². The number of sulfonamides is 1. The number of ether oxygens (including phenoxy) is 1. The Kier molecular flexibility index (Phi) is 3.45.